The lowest BCUT2D eigenvalue weighted by Gasteiger charge is -2.19. The van der Waals surface area contributed by atoms with E-state index in [1.807, 2.05) is 31.3 Å². The Morgan fingerprint density at radius 1 is 0.950 bits per heavy atom. The summed E-state index contributed by atoms with van der Waals surface area (Å²) in [4.78, 5) is 0. The van der Waals surface area contributed by atoms with Gasteiger partial charge in [0.05, 0.1) is 16.1 Å². The second-order valence-electron chi connectivity index (χ2n) is 4.86. The topological polar surface area (TPSA) is 12.0 Å². The van der Waals surface area contributed by atoms with Gasteiger partial charge in [-0.1, -0.05) is 41.4 Å². The molecule has 1 nitrogen and oxygen atoms in total. The van der Waals surface area contributed by atoms with Crippen LogP contribution in [0.4, 0.5) is 4.39 Å². The largest absolute Gasteiger partial charge is 0.309 e. The Hall–Kier alpha value is -1.09. The summed E-state index contributed by atoms with van der Waals surface area (Å²) in [5, 5.41) is 4.27. The SMILES string of the molecule is CNC(c1cc(C)c(F)c(C)c1)c1ccc(Cl)c(Cl)c1. The molecule has 0 aliphatic rings. The average Bonchev–Trinajstić information content (AvgIpc) is 2.41. The van der Waals surface area contributed by atoms with Crippen molar-refractivity contribution in [2.24, 2.45) is 0 Å². The Morgan fingerprint density at radius 3 is 2.05 bits per heavy atom. The third-order valence-electron chi connectivity index (χ3n) is 3.36. The summed E-state index contributed by atoms with van der Waals surface area (Å²) in [7, 11) is 1.86. The minimum Gasteiger partial charge on any atom is -0.309 e. The van der Waals surface area contributed by atoms with Crippen LogP contribution in [0.15, 0.2) is 30.3 Å². The average molecular weight is 312 g/mol. The molecule has 0 spiro atoms. The first-order valence-electron chi connectivity index (χ1n) is 6.33. The quantitative estimate of drug-likeness (QED) is 0.835. The number of benzene rings is 2. The van der Waals surface area contributed by atoms with E-state index in [2.05, 4.69) is 5.32 Å². The Morgan fingerprint density at radius 2 is 1.55 bits per heavy atom. The third-order valence-corrected chi connectivity index (χ3v) is 4.10. The first-order chi connectivity index (χ1) is 9.43. The molecule has 0 radical (unpaired) electrons. The number of halogens is 3. The van der Waals surface area contributed by atoms with Crippen molar-refractivity contribution in [3.8, 4) is 0 Å². The van der Waals surface area contributed by atoms with Gasteiger partial charge in [0.2, 0.25) is 0 Å². The van der Waals surface area contributed by atoms with Crippen LogP contribution in [0.3, 0.4) is 0 Å². The number of aryl methyl sites for hydroxylation is 2. The van der Waals surface area contributed by atoms with Gasteiger partial charge in [0.25, 0.3) is 0 Å². The zero-order chi connectivity index (χ0) is 14.9. The van der Waals surface area contributed by atoms with Crippen LogP contribution in [-0.2, 0) is 0 Å². The molecule has 20 heavy (non-hydrogen) atoms. The van der Waals surface area contributed by atoms with Gasteiger partial charge >= 0.3 is 0 Å². The first kappa shape index (κ1) is 15.3. The van der Waals surface area contributed by atoms with Crippen LogP contribution in [0.2, 0.25) is 10.0 Å². The molecule has 1 unspecified atom stereocenters. The normalized spacial score (nSPS) is 12.5. The molecule has 0 heterocycles. The lowest BCUT2D eigenvalue weighted by atomic mass is 9.95. The minimum atomic E-state index is -0.155. The van der Waals surface area contributed by atoms with E-state index in [4.69, 9.17) is 23.2 Å². The second-order valence-corrected chi connectivity index (χ2v) is 5.68. The molecule has 2 aromatic carbocycles. The Balaban J connectivity index is 2.49. The van der Waals surface area contributed by atoms with E-state index in [9.17, 15) is 4.39 Å². The van der Waals surface area contributed by atoms with Crippen molar-refractivity contribution >= 4 is 23.2 Å². The smallest absolute Gasteiger partial charge is 0.129 e. The summed E-state index contributed by atoms with van der Waals surface area (Å²) in [6, 6.07) is 9.18. The van der Waals surface area contributed by atoms with Gasteiger partial charge < -0.3 is 5.32 Å². The highest BCUT2D eigenvalue weighted by Gasteiger charge is 2.15. The molecular weight excluding hydrogens is 296 g/mol. The van der Waals surface area contributed by atoms with Gasteiger partial charge in [0, 0.05) is 0 Å². The van der Waals surface area contributed by atoms with Gasteiger partial charge in [-0.05, 0) is 55.3 Å². The Kier molecular flexibility index (Phi) is 4.69. The highest BCUT2D eigenvalue weighted by molar-refractivity contribution is 6.42. The number of rotatable bonds is 3. The maximum atomic E-state index is 13.7. The van der Waals surface area contributed by atoms with Crippen molar-refractivity contribution in [1.29, 1.82) is 0 Å². The Labute approximate surface area is 128 Å². The number of nitrogens with one attached hydrogen (secondary N) is 1. The zero-order valence-electron chi connectivity index (χ0n) is 11.6. The van der Waals surface area contributed by atoms with Crippen LogP contribution >= 0.6 is 23.2 Å². The van der Waals surface area contributed by atoms with Crippen molar-refractivity contribution in [2.75, 3.05) is 7.05 Å². The van der Waals surface area contributed by atoms with Gasteiger partial charge in [-0.2, -0.15) is 0 Å². The van der Waals surface area contributed by atoms with Crippen LogP contribution in [0.25, 0.3) is 0 Å². The highest BCUT2D eigenvalue weighted by Crippen LogP contribution is 2.30. The molecule has 0 saturated carbocycles. The molecular formula is C16H16Cl2FN. The van der Waals surface area contributed by atoms with Gasteiger partial charge in [0.15, 0.2) is 0 Å². The van der Waals surface area contributed by atoms with E-state index in [1.54, 1.807) is 19.9 Å². The molecule has 1 atom stereocenters. The molecule has 0 saturated heterocycles. The maximum absolute atomic E-state index is 13.7. The molecule has 2 aromatic rings. The zero-order valence-corrected chi connectivity index (χ0v) is 13.1. The van der Waals surface area contributed by atoms with Crippen molar-refractivity contribution in [3.63, 3.8) is 0 Å². The van der Waals surface area contributed by atoms with E-state index in [1.165, 1.54) is 0 Å². The predicted octanol–water partition coefficient (Wildman–Crippen LogP) is 5.06. The fourth-order valence-corrected chi connectivity index (χ4v) is 2.67. The van der Waals surface area contributed by atoms with Crippen molar-refractivity contribution in [2.45, 2.75) is 19.9 Å². The highest BCUT2D eigenvalue weighted by atomic mass is 35.5. The summed E-state index contributed by atoms with van der Waals surface area (Å²) >= 11 is 12.0. The number of hydrogen-bond acceptors (Lipinski definition) is 1. The lowest BCUT2D eigenvalue weighted by Crippen LogP contribution is -2.18. The van der Waals surface area contributed by atoms with E-state index < -0.39 is 0 Å². The second kappa shape index (κ2) is 6.13. The predicted molar refractivity (Wildman–Crippen MR) is 83.2 cm³/mol. The summed E-state index contributed by atoms with van der Waals surface area (Å²) in [5.74, 6) is -0.155. The van der Waals surface area contributed by atoms with Crippen LogP contribution < -0.4 is 5.32 Å². The standard InChI is InChI=1S/C16H16Cl2FN/c1-9-6-12(7-10(2)15(9)19)16(20-3)11-4-5-13(17)14(18)8-11/h4-8,16,20H,1-3H3. The van der Waals surface area contributed by atoms with Crippen molar-refractivity contribution < 1.29 is 4.39 Å². The van der Waals surface area contributed by atoms with Gasteiger partial charge in [0.1, 0.15) is 5.82 Å². The fourth-order valence-electron chi connectivity index (χ4n) is 2.36. The first-order valence-corrected chi connectivity index (χ1v) is 7.08. The van der Waals surface area contributed by atoms with Crippen LogP contribution in [0.1, 0.15) is 28.3 Å². The molecule has 0 aromatic heterocycles. The van der Waals surface area contributed by atoms with Crippen molar-refractivity contribution in [3.05, 3.63) is 68.4 Å². The van der Waals surface area contributed by atoms with E-state index in [0.717, 1.165) is 11.1 Å². The summed E-state index contributed by atoms with van der Waals surface area (Å²) in [5.41, 5.74) is 3.27. The summed E-state index contributed by atoms with van der Waals surface area (Å²) < 4.78 is 13.7. The molecule has 0 fully saturated rings. The molecule has 0 aliphatic carbocycles. The summed E-state index contributed by atoms with van der Waals surface area (Å²) in [6.45, 7) is 3.54. The molecule has 106 valence electrons. The van der Waals surface area contributed by atoms with Gasteiger partial charge in [-0.3, -0.25) is 0 Å². The van der Waals surface area contributed by atoms with E-state index >= 15 is 0 Å². The van der Waals surface area contributed by atoms with Crippen LogP contribution in [0, 0.1) is 19.7 Å². The summed E-state index contributed by atoms with van der Waals surface area (Å²) in [6.07, 6.45) is 0. The molecule has 0 bridgehead atoms. The van der Waals surface area contributed by atoms with Gasteiger partial charge in [-0.15, -0.1) is 0 Å². The number of hydrogen-bond donors (Lipinski definition) is 1. The molecule has 2 rings (SSSR count). The minimum absolute atomic E-state index is 0.0530. The molecule has 0 aliphatic heterocycles. The van der Waals surface area contributed by atoms with E-state index in [0.29, 0.717) is 21.2 Å². The molecule has 4 heteroatoms. The maximum Gasteiger partial charge on any atom is 0.129 e. The monoisotopic (exact) mass is 311 g/mol. The van der Waals surface area contributed by atoms with Crippen molar-refractivity contribution in [1.82, 2.24) is 5.32 Å². The van der Waals surface area contributed by atoms with Crippen LogP contribution in [0.5, 0.6) is 0 Å². The van der Waals surface area contributed by atoms with Crippen LogP contribution in [-0.4, -0.2) is 7.05 Å². The Bertz CT molecular complexity index is 617. The molecule has 0 amide bonds. The lowest BCUT2D eigenvalue weighted by molar-refractivity contribution is 0.604. The fraction of sp³-hybridized carbons (Fsp3) is 0.250. The molecule has 1 N–H and O–H groups in total. The van der Waals surface area contributed by atoms with Gasteiger partial charge in [-0.25, -0.2) is 4.39 Å². The third kappa shape index (κ3) is 2.98. The van der Waals surface area contributed by atoms with E-state index in [-0.39, 0.29) is 11.9 Å².